The molecule has 4 rings (SSSR count). The normalized spacial score (nSPS) is 19.3. The van der Waals surface area contributed by atoms with Gasteiger partial charge in [0.05, 0.1) is 18.2 Å². The summed E-state index contributed by atoms with van der Waals surface area (Å²) in [7, 11) is 0. The van der Waals surface area contributed by atoms with Gasteiger partial charge in [0, 0.05) is 18.2 Å². The molecule has 8 nitrogen and oxygen atoms in total. The second kappa shape index (κ2) is 7.62. The lowest BCUT2D eigenvalue weighted by atomic mass is 9.99. The van der Waals surface area contributed by atoms with Crippen molar-refractivity contribution in [3.63, 3.8) is 0 Å². The highest BCUT2D eigenvalue weighted by molar-refractivity contribution is 6.05. The molecule has 0 unspecified atom stereocenters. The van der Waals surface area contributed by atoms with E-state index in [2.05, 4.69) is 5.32 Å². The van der Waals surface area contributed by atoms with Gasteiger partial charge >= 0.3 is 5.97 Å². The summed E-state index contributed by atoms with van der Waals surface area (Å²) in [4.78, 5) is 50.2. The van der Waals surface area contributed by atoms with Crippen LogP contribution in [0, 0.1) is 0 Å². The van der Waals surface area contributed by atoms with Crippen LogP contribution in [0.5, 0.6) is 5.75 Å². The highest BCUT2D eigenvalue weighted by Crippen LogP contribution is 2.34. The molecule has 30 heavy (non-hydrogen) atoms. The van der Waals surface area contributed by atoms with E-state index in [0.717, 1.165) is 5.56 Å². The fraction of sp³-hybridized carbons (Fsp3) is 0.273. The fourth-order valence-electron chi connectivity index (χ4n) is 3.56. The molecule has 0 aromatic heterocycles. The average Bonchev–Trinajstić information content (AvgIpc) is 3.03. The molecular formula is C22H20N2O6. The van der Waals surface area contributed by atoms with Gasteiger partial charge in [-0.2, -0.15) is 0 Å². The quantitative estimate of drug-likeness (QED) is 0.615. The lowest BCUT2D eigenvalue weighted by molar-refractivity contribution is -0.150. The third kappa shape index (κ3) is 3.52. The van der Waals surface area contributed by atoms with Crippen molar-refractivity contribution in [1.82, 2.24) is 0 Å². The zero-order chi connectivity index (χ0) is 21.4. The maximum absolute atomic E-state index is 12.5. The fourth-order valence-corrected chi connectivity index (χ4v) is 3.56. The van der Waals surface area contributed by atoms with Gasteiger partial charge in [-0.1, -0.05) is 12.1 Å². The summed E-state index contributed by atoms with van der Waals surface area (Å²) in [6.45, 7) is 2.70. The van der Waals surface area contributed by atoms with E-state index in [1.807, 2.05) is 0 Å². The number of carbonyl (C=O) groups excluding carboxylic acids is 4. The molecule has 2 heterocycles. The van der Waals surface area contributed by atoms with E-state index >= 15 is 0 Å². The van der Waals surface area contributed by atoms with E-state index in [9.17, 15) is 19.2 Å². The Morgan fingerprint density at radius 2 is 1.97 bits per heavy atom. The molecular weight excluding hydrogens is 388 g/mol. The highest BCUT2D eigenvalue weighted by atomic mass is 16.6. The molecule has 0 spiro atoms. The number of para-hydroxylation sites is 2. The number of ether oxygens (including phenoxy) is 2. The number of anilines is 2. The molecule has 2 aromatic carbocycles. The number of hydrogen-bond donors (Lipinski definition) is 1. The van der Waals surface area contributed by atoms with Crippen LogP contribution in [-0.4, -0.2) is 42.8 Å². The first-order chi connectivity index (χ1) is 14.3. The van der Waals surface area contributed by atoms with Crippen LogP contribution in [0.15, 0.2) is 42.5 Å². The van der Waals surface area contributed by atoms with Crippen LogP contribution in [0.2, 0.25) is 0 Å². The van der Waals surface area contributed by atoms with Gasteiger partial charge in [-0.05, 0) is 42.8 Å². The van der Waals surface area contributed by atoms with Gasteiger partial charge in [-0.25, -0.2) is 4.79 Å². The Kier molecular flexibility index (Phi) is 4.99. The van der Waals surface area contributed by atoms with Gasteiger partial charge in [-0.15, -0.1) is 0 Å². The van der Waals surface area contributed by atoms with E-state index in [-0.39, 0.29) is 24.3 Å². The predicted molar refractivity (Wildman–Crippen MR) is 108 cm³/mol. The Hall–Kier alpha value is -3.68. The average molecular weight is 408 g/mol. The second-order valence-corrected chi connectivity index (χ2v) is 7.25. The number of nitrogens with one attached hydrogen (secondary N) is 1. The molecule has 2 atom stereocenters. The SMILES string of the molecule is CC(=O)N1C[C@@H](C(=O)OCC(=O)c2ccc3c(c2)[C@H](C)C(=O)N3)Oc2ccccc21. The maximum Gasteiger partial charge on any atom is 0.349 e. The van der Waals surface area contributed by atoms with Crippen molar-refractivity contribution >= 4 is 34.9 Å². The van der Waals surface area contributed by atoms with Gasteiger partial charge in [0.2, 0.25) is 17.9 Å². The molecule has 2 amide bonds. The molecule has 0 radical (unpaired) electrons. The maximum atomic E-state index is 12.5. The number of hydrogen-bond acceptors (Lipinski definition) is 6. The van der Waals surface area contributed by atoms with Crippen LogP contribution in [0.1, 0.15) is 35.7 Å². The predicted octanol–water partition coefficient (Wildman–Crippen LogP) is 2.28. The minimum absolute atomic E-state index is 0.00348. The third-order valence-electron chi connectivity index (χ3n) is 5.25. The molecule has 0 saturated heterocycles. The zero-order valence-electron chi connectivity index (χ0n) is 16.5. The molecule has 154 valence electrons. The van der Waals surface area contributed by atoms with E-state index in [1.165, 1.54) is 11.8 Å². The number of Topliss-reactive ketones (excluding diaryl/α,β-unsaturated/α-hetero) is 1. The first kappa shape index (κ1) is 19.6. The summed E-state index contributed by atoms with van der Waals surface area (Å²) >= 11 is 0. The van der Waals surface area contributed by atoms with Gasteiger partial charge in [0.15, 0.2) is 12.4 Å². The van der Waals surface area contributed by atoms with Crippen molar-refractivity contribution < 1.29 is 28.7 Å². The molecule has 8 heteroatoms. The van der Waals surface area contributed by atoms with Gasteiger partial charge < -0.3 is 19.7 Å². The van der Waals surface area contributed by atoms with Crippen molar-refractivity contribution in [3.8, 4) is 5.75 Å². The minimum Gasteiger partial charge on any atom is -0.475 e. The Morgan fingerprint density at radius 3 is 2.73 bits per heavy atom. The number of benzene rings is 2. The Morgan fingerprint density at radius 1 is 1.20 bits per heavy atom. The van der Waals surface area contributed by atoms with Crippen molar-refractivity contribution in [2.75, 3.05) is 23.4 Å². The molecule has 0 bridgehead atoms. The molecule has 0 saturated carbocycles. The van der Waals surface area contributed by atoms with Gasteiger partial charge in [0.25, 0.3) is 0 Å². The Balaban J connectivity index is 1.42. The van der Waals surface area contributed by atoms with Crippen LogP contribution in [0.25, 0.3) is 0 Å². The summed E-state index contributed by atoms with van der Waals surface area (Å²) in [6.07, 6.45) is -1.03. The van der Waals surface area contributed by atoms with E-state index in [0.29, 0.717) is 22.7 Å². The molecule has 2 aliphatic heterocycles. The highest BCUT2D eigenvalue weighted by Gasteiger charge is 2.34. The van der Waals surface area contributed by atoms with Crippen molar-refractivity contribution in [2.45, 2.75) is 25.9 Å². The van der Waals surface area contributed by atoms with Gasteiger partial charge in [0.1, 0.15) is 5.75 Å². The summed E-state index contributed by atoms with van der Waals surface area (Å²) in [5, 5.41) is 2.74. The van der Waals surface area contributed by atoms with Crippen LogP contribution in [0.3, 0.4) is 0 Å². The first-order valence-corrected chi connectivity index (χ1v) is 9.53. The number of rotatable bonds is 4. The van der Waals surface area contributed by atoms with E-state index in [4.69, 9.17) is 9.47 Å². The number of esters is 1. The number of fused-ring (bicyclic) bond motifs is 2. The summed E-state index contributed by atoms with van der Waals surface area (Å²) < 4.78 is 10.8. The van der Waals surface area contributed by atoms with Crippen molar-refractivity contribution in [3.05, 3.63) is 53.6 Å². The van der Waals surface area contributed by atoms with Crippen molar-refractivity contribution in [2.24, 2.45) is 0 Å². The molecule has 0 fully saturated rings. The van der Waals surface area contributed by atoms with Crippen LogP contribution >= 0.6 is 0 Å². The zero-order valence-corrected chi connectivity index (χ0v) is 16.5. The number of ketones is 1. The summed E-state index contributed by atoms with van der Waals surface area (Å²) in [5.74, 6) is -1.41. The van der Waals surface area contributed by atoms with Crippen LogP contribution < -0.4 is 15.0 Å². The number of nitrogens with zero attached hydrogens (tertiary/aromatic N) is 1. The topological polar surface area (TPSA) is 102 Å². The first-order valence-electron chi connectivity index (χ1n) is 9.53. The second-order valence-electron chi connectivity index (χ2n) is 7.25. The number of carbonyl (C=O) groups is 4. The number of amides is 2. The van der Waals surface area contributed by atoms with Crippen molar-refractivity contribution in [1.29, 1.82) is 0 Å². The third-order valence-corrected chi connectivity index (χ3v) is 5.25. The van der Waals surface area contributed by atoms with Crippen LogP contribution in [-0.2, 0) is 19.1 Å². The van der Waals surface area contributed by atoms with Gasteiger partial charge in [-0.3, -0.25) is 14.4 Å². The van der Waals surface area contributed by atoms with Crippen LogP contribution in [0.4, 0.5) is 11.4 Å². The largest absolute Gasteiger partial charge is 0.475 e. The van der Waals surface area contributed by atoms with E-state index in [1.54, 1.807) is 49.4 Å². The monoisotopic (exact) mass is 408 g/mol. The molecule has 2 aliphatic rings. The standard InChI is InChI=1S/C22H20N2O6/c1-12-15-9-14(7-8-16(15)23-21(12)27)18(26)11-29-22(28)20-10-24(13(2)25)17-5-3-4-6-19(17)30-20/h3-9,12,20H,10-11H2,1-2H3,(H,23,27)/t12-,20-/m0/s1. The minimum atomic E-state index is -1.03. The lowest BCUT2D eigenvalue weighted by Crippen LogP contribution is -2.47. The molecule has 2 aromatic rings. The molecule has 0 aliphatic carbocycles. The summed E-state index contributed by atoms with van der Waals surface area (Å²) in [5.41, 5.74) is 2.35. The molecule has 1 N–H and O–H groups in total. The smallest absolute Gasteiger partial charge is 0.349 e. The summed E-state index contributed by atoms with van der Waals surface area (Å²) in [6, 6.07) is 11.8. The Bertz CT molecular complexity index is 1060. The van der Waals surface area contributed by atoms with E-state index < -0.39 is 24.5 Å². The lowest BCUT2D eigenvalue weighted by Gasteiger charge is -2.33. The Labute approximate surface area is 172 Å².